The van der Waals surface area contributed by atoms with Crippen LogP contribution in [-0.4, -0.2) is 51.9 Å². The van der Waals surface area contributed by atoms with Gasteiger partial charge in [0.15, 0.2) is 11.5 Å². The molecule has 6 nitrogen and oxygen atoms in total. The van der Waals surface area contributed by atoms with Gasteiger partial charge in [-0.05, 0) is 42.7 Å². The molecule has 6 heteroatoms. The number of oxazole rings is 1. The second-order valence-electron chi connectivity index (χ2n) is 8.50. The average molecular weight is 405 g/mol. The summed E-state index contributed by atoms with van der Waals surface area (Å²) in [7, 11) is 0. The van der Waals surface area contributed by atoms with E-state index < -0.39 is 0 Å². The fraction of sp³-hybridized carbons (Fsp3) is 0.458. The van der Waals surface area contributed by atoms with E-state index in [0.29, 0.717) is 11.5 Å². The highest BCUT2D eigenvalue weighted by atomic mass is 16.3. The molecule has 5 rings (SSSR count). The van der Waals surface area contributed by atoms with Crippen molar-refractivity contribution in [2.75, 3.05) is 26.2 Å². The number of pyridine rings is 1. The first-order chi connectivity index (χ1) is 14.8. The molecule has 1 aliphatic heterocycles. The normalized spacial score (nSPS) is 18.7. The van der Waals surface area contributed by atoms with Crippen LogP contribution in [0.5, 0.6) is 0 Å². The zero-order valence-corrected chi connectivity index (χ0v) is 17.3. The summed E-state index contributed by atoms with van der Waals surface area (Å²) in [6, 6.07) is 9.75. The number of piperazine rings is 1. The van der Waals surface area contributed by atoms with Crippen molar-refractivity contribution >= 4 is 17.0 Å². The fourth-order valence-corrected chi connectivity index (χ4v) is 4.64. The monoisotopic (exact) mass is 404 g/mol. The van der Waals surface area contributed by atoms with E-state index in [2.05, 4.69) is 16.0 Å². The van der Waals surface area contributed by atoms with E-state index in [4.69, 9.17) is 9.40 Å². The van der Waals surface area contributed by atoms with Crippen LogP contribution in [0.2, 0.25) is 0 Å². The molecule has 2 aliphatic rings. The van der Waals surface area contributed by atoms with Crippen LogP contribution in [0.15, 0.2) is 47.1 Å². The minimum Gasteiger partial charge on any atom is -0.440 e. The zero-order chi connectivity index (χ0) is 20.3. The third-order valence-electron chi connectivity index (χ3n) is 6.39. The highest BCUT2D eigenvalue weighted by Gasteiger charge is 2.24. The Morgan fingerprint density at radius 1 is 1.07 bits per heavy atom. The minimum absolute atomic E-state index is 0.0774. The smallest absolute Gasteiger partial charge is 0.254 e. The molecule has 0 unspecified atom stereocenters. The maximum Gasteiger partial charge on any atom is 0.254 e. The number of benzene rings is 1. The Morgan fingerprint density at radius 3 is 2.67 bits per heavy atom. The van der Waals surface area contributed by atoms with Gasteiger partial charge in [0, 0.05) is 56.6 Å². The van der Waals surface area contributed by atoms with Crippen LogP contribution in [0, 0.1) is 0 Å². The van der Waals surface area contributed by atoms with Gasteiger partial charge in [-0.3, -0.25) is 14.7 Å². The number of carbonyl (C=O) groups excluding carboxylic acids is 1. The molecule has 1 saturated carbocycles. The van der Waals surface area contributed by atoms with Gasteiger partial charge in [0.2, 0.25) is 0 Å². The van der Waals surface area contributed by atoms with Crippen LogP contribution >= 0.6 is 0 Å². The van der Waals surface area contributed by atoms with Crippen molar-refractivity contribution in [3.63, 3.8) is 0 Å². The van der Waals surface area contributed by atoms with E-state index >= 15 is 0 Å². The summed E-state index contributed by atoms with van der Waals surface area (Å²) in [6.45, 7) is 4.10. The molecule has 0 N–H and O–H groups in total. The van der Waals surface area contributed by atoms with Crippen molar-refractivity contribution < 1.29 is 9.21 Å². The van der Waals surface area contributed by atoms with E-state index in [1.165, 1.54) is 24.8 Å². The predicted octanol–water partition coefficient (Wildman–Crippen LogP) is 4.23. The largest absolute Gasteiger partial charge is 0.440 e. The molecule has 0 spiro atoms. The molecule has 1 aromatic carbocycles. The Bertz CT molecular complexity index is 1000. The van der Waals surface area contributed by atoms with Crippen molar-refractivity contribution in [1.29, 1.82) is 0 Å². The van der Waals surface area contributed by atoms with Gasteiger partial charge >= 0.3 is 0 Å². The Morgan fingerprint density at radius 2 is 1.90 bits per heavy atom. The van der Waals surface area contributed by atoms with Crippen LogP contribution in [0.4, 0.5) is 0 Å². The second kappa shape index (κ2) is 8.56. The van der Waals surface area contributed by atoms with Crippen molar-refractivity contribution in [3.8, 4) is 0 Å². The van der Waals surface area contributed by atoms with Crippen LogP contribution in [-0.2, 0) is 6.54 Å². The third kappa shape index (κ3) is 4.10. The summed E-state index contributed by atoms with van der Waals surface area (Å²) in [5, 5.41) is 0. The maximum absolute atomic E-state index is 13.1. The lowest BCUT2D eigenvalue weighted by atomic mass is 9.89. The second-order valence-corrected chi connectivity index (χ2v) is 8.50. The Kier molecular flexibility index (Phi) is 5.49. The first kappa shape index (κ1) is 19.2. The fourth-order valence-electron chi connectivity index (χ4n) is 4.64. The van der Waals surface area contributed by atoms with Gasteiger partial charge in [0.05, 0.1) is 0 Å². The topological polar surface area (TPSA) is 62.5 Å². The molecule has 2 fully saturated rings. The van der Waals surface area contributed by atoms with Gasteiger partial charge < -0.3 is 9.32 Å². The highest BCUT2D eigenvalue weighted by Crippen LogP contribution is 2.34. The lowest BCUT2D eigenvalue weighted by molar-refractivity contribution is 0.0628. The van der Waals surface area contributed by atoms with Gasteiger partial charge in [-0.2, -0.15) is 0 Å². The molecule has 3 heterocycles. The molecule has 0 radical (unpaired) electrons. The van der Waals surface area contributed by atoms with Gasteiger partial charge in [0.25, 0.3) is 5.91 Å². The third-order valence-corrected chi connectivity index (χ3v) is 6.39. The number of nitrogens with zero attached hydrogens (tertiary/aromatic N) is 4. The zero-order valence-electron chi connectivity index (χ0n) is 17.3. The molecular formula is C24H28N4O2. The van der Waals surface area contributed by atoms with Crippen molar-refractivity contribution in [2.24, 2.45) is 0 Å². The first-order valence-corrected chi connectivity index (χ1v) is 11.1. The lowest BCUT2D eigenvalue weighted by Gasteiger charge is -2.34. The number of carbonyl (C=O) groups is 1. The molecular weight excluding hydrogens is 376 g/mol. The van der Waals surface area contributed by atoms with Gasteiger partial charge in [-0.25, -0.2) is 4.98 Å². The molecule has 1 amide bonds. The molecule has 156 valence electrons. The highest BCUT2D eigenvalue weighted by molar-refractivity contribution is 5.97. The van der Waals surface area contributed by atoms with E-state index in [9.17, 15) is 4.79 Å². The number of aromatic nitrogens is 2. The van der Waals surface area contributed by atoms with Crippen molar-refractivity contribution in [3.05, 3.63) is 59.7 Å². The number of hydrogen-bond donors (Lipinski definition) is 0. The number of amides is 1. The summed E-state index contributed by atoms with van der Waals surface area (Å²) in [5.41, 5.74) is 3.49. The first-order valence-electron chi connectivity index (χ1n) is 11.1. The number of rotatable bonds is 4. The standard InChI is InChI=1S/C24H28N4O2/c29-24(28-13-11-27(12-14-28)17-18-5-4-10-25-16-18)20-8-9-21-22(15-20)30-23(26-21)19-6-2-1-3-7-19/h4-5,8-10,15-16,19H,1-3,6-7,11-14,17H2. The molecule has 1 saturated heterocycles. The molecule has 2 aromatic heterocycles. The van der Waals surface area contributed by atoms with Crippen LogP contribution in [0.25, 0.3) is 11.1 Å². The molecule has 3 aromatic rings. The van der Waals surface area contributed by atoms with Gasteiger partial charge in [0.1, 0.15) is 5.52 Å². The van der Waals surface area contributed by atoms with Crippen molar-refractivity contribution in [2.45, 2.75) is 44.6 Å². The van der Waals surface area contributed by atoms with Gasteiger partial charge in [-0.15, -0.1) is 0 Å². The predicted molar refractivity (Wildman–Crippen MR) is 115 cm³/mol. The van der Waals surface area contributed by atoms with Crippen LogP contribution in [0.1, 0.15) is 59.8 Å². The Balaban J connectivity index is 1.23. The maximum atomic E-state index is 13.1. The van der Waals surface area contributed by atoms with E-state index in [1.54, 1.807) is 6.20 Å². The van der Waals surface area contributed by atoms with Crippen molar-refractivity contribution in [1.82, 2.24) is 19.8 Å². The van der Waals surface area contributed by atoms with Gasteiger partial charge in [-0.1, -0.05) is 25.3 Å². The summed E-state index contributed by atoms with van der Waals surface area (Å²) < 4.78 is 6.07. The van der Waals surface area contributed by atoms with Crippen LogP contribution < -0.4 is 0 Å². The number of fused-ring (bicyclic) bond motifs is 1. The molecule has 1 aliphatic carbocycles. The minimum atomic E-state index is 0.0774. The van der Waals surface area contributed by atoms with E-state index in [1.807, 2.05) is 35.4 Å². The summed E-state index contributed by atoms with van der Waals surface area (Å²) >= 11 is 0. The van der Waals surface area contributed by atoms with E-state index in [-0.39, 0.29) is 5.91 Å². The SMILES string of the molecule is O=C(c1ccc2nc(C3CCCCC3)oc2c1)N1CCN(Cc2cccnc2)CC1. The van der Waals surface area contributed by atoms with E-state index in [0.717, 1.165) is 62.6 Å². The molecule has 0 bridgehead atoms. The Labute approximate surface area is 176 Å². The Hall–Kier alpha value is -2.73. The summed E-state index contributed by atoms with van der Waals surface area (Å²) in [5.74, 6) is 1.35. The van der Waals surface area contributed by atoms with Crippen LogP contribution in [0.3, 0.4) is 0 Å². The summed E-state index contributed by atoms with van der Waals surface area (Å²) in [6.07, 6.45) is 9.82. The average Bonchev–Trinajstić information content (AvgIpc) is 3.24. The molecule has 30 heavy (non-hydrogen) atoms. The summed E-state index contributed by atoms with van der Waals surface area (Å²) in [4.78, 5) is 26.2. The lowest BCUT2D eigenvalue weighted by Crippen LogP contribution is -2.48. The number of hydrogen-bond acceptors (Lipinski definition) is 5. The quantitative estimate of drug-likeness (QED) is 0.651. The molecule has 0 atom stereocenters.